The van der Waals surface area contributed by atoms with Crippen molar-refractivity contribution in [2.24, 2.45) is 5.73 Å². The highest BCUT2D eigenvalue weighted by atomic mass is 16.6. The first-order chi connectivity index (χ1) is 14.0. The minimum Gasteiger partial charge on any atom is -0.464 e. The molecule has 0 fully saturated rings. The highest BCUT2D eigenvalue weighted by Crippen LogP contribution is 2.44. The van der Waals surface area contributed by atoms with Gasteiger partial charge in [-0.15, -0.1) is 0 Å². The maximum Gasteiger partial charge on any atom is 0.407 e. The van der Waals surface area contributed by atoms with E-state index in [-0.39, 0.29) is 32.0 Å². The predicted molar refractivity (Wildman–Crippen MR) is 107 cm³/mol. The molecular formula is C22H24N2O5. The average Bonchev–Trinajstić information content (AvgIpc) is 3.03. The molecule has 0 heterocycles. The highest BCUT2D eigenvalue weighted by Gasteiger charge is 2.30. The second kappa shape index (κ2) is 9.23. The Morgan fingerprint density at radius 2 is 1.59 bits per heavy atom. The summed E-state index contributed by atoms with van der Waals surface area (Å²) in [6.45, 7) is 1.96. The number of esters is 1. The van der Waals surface area contributed by atoms with E-state index < -0.39 is 24.0 Å². The fourth-order valence-electron chi connectivity index (χ4n) is 3.56. The van der Waals surface area contributed by atoms with Crippen LogP contribution in [0.3, 0.4) is 0 Å². The second-order valence-electron chi connectivity index (χ2n) is 6.78. The molecule has 1 aliphatic rings. The molecule has 152 valence electrons. The van der Waals surface area contributed by atoms with E-state index in [1.807, 2.05) is 36.4 Å². The lowest BCUT2D eigenvalue weighted by Crippen LogP contribution is -2.43. The van der Waals surface area contributed by atoms with Gasteiger partial charge < -0.3 is 20.5 Å². The number of alkyl carbamates (subject to hydrolysis) is 1. The Bertz CT molecular complexity index is 866. The summed E-state index contributed by atoms with van der Waals surface area (Å²) in [7, 11) is 0. The van der Waals surface area contributed by atoms with E-state index in [0.717, 1.165) is 22.3 Å². The number of ether oxygens (including phenoxy) is 2. The molecule has 29 heavy (non-hydrogen) atoms. The Kier molecular flexibility index (Phi) is 6.49. The van der Waals surface area contributed by atoms with Crippen LogP contribution in [0.25, 0.3) is 11.1 Å². The topological polar surface area (TPSA) is 108 Å². The van der Waals surface area contributed by atoms with Crippen LogP contribution in [0.1, 0.15) is 36.8 Å². The molecule has 0 bridgehead atoms. The summed E-state index contributed by atoms with van der Waals surface area (Å²) >= 11 is 0. The first-order valence-electron chi connectivity index (χ1n) is 9.57. The third-order valence-electron chi connectivity index (χ3n) is 4.89. The lowest BCUT2D eigenvalue weighted by Gasteiger charge is -2.18. The van der Waals surface area contributed by atoms with Crippen LogP contribution < -0.4 is 11.1 Å². The number of carbonyl (C=O) groups excluding carboxylic acids is 3. The van der Waals surface area contributed by atoms with Gasteiger partial charge in [0, 0.05) is 12.3 Å². The monoisotopic (exact) mass is 396 g/mol. The first-order valence-corrected chi connectivity index (χ1v) is 9.57. The van der Waals surface area contributed by atoms with Crippen LogP contribution in [-0.4, -0.2) is 37.2 Å². The summed E-state index contributed by atoms with van der Waals surface area (Å²) < 4.78 is 10.4. The molecule has 2 amide bonds. The minimum absolute atomic E-state index is 0.0485. The Morgan fingerprint density at radius 1 is 1.00 bits per heavy atom. The Hall–Kier alpha value is -3.35. The number of amides is 2. The van der Waals surface area contributed by atoms with Gasteiger partial charge in [0.2, 0.25) is 5.91 Å². The van der Waals surface area contributed by atoms with Gasteiger partial charge in [-0.05, 0) is 35.6 Å². The third kappa shape index (κ3) is 4.74. The van der Waals surface area contributed by atoms with E-state index in [0.29, 0.717) is 0 Å². The van der Waals surface area contributed by atoms with Crippen LogP contribution in [0.2, 0.25) is 0 Å². The maximum atomic E-state index is 12.3. The second-order valence-corrected chi connectivity index (χ2v) is 6.78. The molecule has 2 aromatic carbocycles. The van der Waals surface area contributed by atoms with Gasteiger partial charge in [0.15, 0.2) is 0 Å². The van der Waals surface area contributed by atoms with Crippen molar-refractivity contribution < 1.29 is 23.9 Å². The average molecular weight is 396 g/mol. The molecule has 0 unspecified atom stereocenters. The minimum atomic E-state index is -0.988. The van der Waals surface area contributed by atoms with E-state index >= 15 is 0 Å². The van der Waals surface area contributed by atoms with Crippen molar-refractivity contribution in [1.29, 1.82) is 0 Å². The Balaban J connectivity index is 1.66. The van der Waals surface area contributed by atoms with Crippen LogP contribution in [-0.2, 0) is 19.1 Å². The molecule has 3 rings (SSSR count). The zero-order valence-corrected chi connectivity index (χ0v) is 16.2. The fourth-order valence-corrected chi connectivity index (χ4v) is 3.56. The van der Waals surface area contributed by atoms with E-state index in [9.17, 15) is 14.4 Å². The summed E-state index contributed by atoms with van der Waals surface area (Å²) in [6, 6.07) is 15.0. The largest absolute Gasteiger partial charge is 0.464 e. The summed E-state index contributed by atoms with van der Waals surface area (Å²) in [5.74, 6) is -1.27. The van der Waals surface area contributed by atoms with Crippen molar-refractivity contribution in [2.45, 2.75) is 31.7 Å². The molecule has 0 aliphatic heterocycles. The SMILES string of the molecule is CCOC(=O)[C@H](CCC(N)=O)NC(=O)OCC1c2ccccc2-c2ccccc21. The van der Waals surface area contributed by atoms with E-state index in [2.05, 4.69) is 17.4 Å². The number of fused-ring (bicyclic) bond motifs is 3. The molecule has 2 aromatic rings. The maximum absolute atomic E-state index is 12.3. The normalized spacial score (nSPS) is 13.1. The number of benzene rings is 2. The number of primary amides is 1. The molecule has 0 radical (unpaired) electrons. The van der Waals surface area contributed by atoms with Gasteiger partial charge in [-0.25, -0.2) is 9.59 Å². The van der Waals surface area contributed by atoms with Gasteiger partial charge in [-0.2, -0.15) is 0 Å². The first kappa shape index (κ1) is 20.4. The molecule has 1 atom stereocenters. The molecule has 7 nitrogen and oxygen atoms in total. The summed E-state index contributed by atoms with van der Waals surface area (Å²) in [5.41, 5.74) is 9.59. The standard InChI is InChI=1S/C22H24N2O5/c1-2-28-21(26)19(11-12-20(23)25)24-22(27)29-13-18-16-9-5-3-7-14(16)15-8-4-6-10-17(15)18/h3-10,18-19H,2,11-13H2,1H3,(H2,23,25)(H,24,27)/t19-/m0/s1. The number of hydrogen-bond donors (Lipinski definition) is 2. The molecule has 3 N–H and O–H groups in total. The van der Waals surface area contributed by atoms with Crippen LogP contribution >= 0.6 is 0 Å². The van der Waals surface area contributed by atoms with Crippen LogP contribution in [0.5, 0.6) is 0 Å². The number of rotatable bonds is 8. The molecular weight excluding hydrogens is 372 g/mol. The van der Waals surface area contributed by atoms with E-state index in [1.54, 1.807) is 6.92 Å². The van der Waals surface area contributed by atoms with Gasteiger partial charge in [-0.1, -0.05) is 48.5 Å². The van der Waals surface area contributed by atoms with Crippen LogP contribution in [0, 0.1) is 0 Å². The van der Waals surface area contributed by atoms with Crippen molar-refractivity contribution in [2.75, 3.05) is 13.2 Å². The summed E-state index contributed by atoms with van der Waals surface area (Å²) in [4.78, 5) is 35.4. The van der Waals surface area contributed by atoms with Crippen molar-refractivity contribution in [3.63, 3.8) is 0 Å². The number of nitrogens with two attached hydrogens (primary N) is 1. The number of nitrogens with one attached hydrogen (secondary N) is 1. The smallest absolute Gasteiger partial charge is 0.407 e. The Morgan fingerprint density at radius 3 is 2.14 bits per heavy atom. The van der Waals surface area contributed by atoms with Crippen molar-refractivity contribution in [3.8, 4) is 11.1 Å². The molecule has 0 saturated heterocycles. The molecule has 0 saturated carbocycles. The molecule has 7 heteroatoms. The highest BCUT2D eigenvalue weighted by molar-refractivity contribution is 5.83. The third-order valence-corrected chi connectivity index (χ3v) is 4.89. The summed E-state index contributed by atoms with van der Waals surface area (Å²) in [5, 5.41) is 2.49. The molecule has 0 spiro atoms. The number of carbonyl (C=O) groups is 3. The van der Waals surface area contributed by atoms with E-state index in [1.165, 1.54) is 0 Å². The van der Waals surface area contributed by atoms with Gasteiger partial charge in [0.1, 0.15) is 12.6 Å². The van der Waals surface area contributed by atoms with E-state index in [4.69, 9.17) is 15.2 Å². The quantitative estimate of drug-likeness (QED) is 0.667. The molecule has 1 aliphatic carbocycles. The Labute approximate surface area is 169 Å². The van der Waals surface area contributed by atoms with Crippen LogP contribution in [0.15, 0.2) is 48.5 Å². The number of hydrogen-bond acceptors (Lipinski definition) is 5. The molecule has 0 aromatic heterocycles. The zero-order chi connectivity index (χ0) is 20.8. The van der Waals surface area contributed by atoms with Crippen molar-refractivity contribution in [3.05, 3.63) is 59.7 Å². The van der Waals surface area contributed by atoms with Crippen LogP contribution in [0.4, 0.5) is 4.79 Å². The zero-order valence-electron chi connectivity index (χ0n) is 16.2. The lowest BCUT2D eigenvalue weighted by atomic mass is 9.98. The van der Waals surface area contributed by atoms with Crippen molar-refractivity contribution >= 4 is 18.0 Å². The van der Waals surface area contributed by atoms with Gasteiger partial charge in [-0.3, -0.25) is 4.79 Å². The van der Waals surface area contributed by atoms with Crippen molar-refractivity contribution in [1.82, 2.24) is 5.32 Å². The summed E-state index contributed by atoms with van der Waals surface area (Å²) in [6.07, 6.45) is -0.736. The van der Waals surface area contributed by atoms with Gasteiger partial charge in [0.05, 0.1) is 6.61 Å². The fraction of sp³-hybridized carbons (Fsp3) is 0.318. The van der Waals surface area contributed by atoms with Gasteiger partial charge >= 0.3 is 12.1 Å². The predicted octanol–water partition coefficient (Wildman–Crippen LogP) is 2.72. The lowest BCUT2D eigenvalue weighted by molar-refractivity contribution is -0.145. The van der Waals surface area contributed by atoms with Gasteiger partial charge in [0.25, 0.3) is 0 Å².